The number of carbonyl (C=O) groups is 1. The van der Waals surface area contributed by atoms with Crippen LogP contribution < -0.4 is 0 Å². The summed E-state index contributed by atoms with van der Waals surface area (Å²) in [7, 11) is 0. The Balaban J connectivity index is 1.67. The van der Waals surface area contributed by atoms with Gasteiger partial charge in [-0.25, -0.2) is 14.8 Å². The molecule has 0 aliphatic carbocycles. The van der Waals surface area contributed by atoms with Gasteiger partial charge in [0.05, 0.1) is 28.3 Å². The highest BCUT2D eigenvalue weighted by Crippen LogP contribution is 2.31. The molecule has 0 saturated heterocycles. The van der Waals surface area contributed by atoms with Crippen LogP contribution in [0.1, 0.15) is 33.1 Å². The van der Waals surface area contributed by atoms with Gasteiger partial charge in [0.1, 0.15) is 0 Å². The minimum absolute atomic E-state index is 0.239. The highest BCUT2D eigenvalue weighted by atomic mass is 16.4. The summed E-state index contributed by atoms with van der Waals surface area (Å²) in [5.41, 5.74) is 9.05. The molecule has 0 saturated carbocycles. The SMILES string of the molecule is O=C(O)c1ccc(-c2c3nc(cc4ccc(cc5ccc(cc6nc2C=C6)[nH]5)[nH]4)C=C3)cc1. The second-order valence-corrected chi connectivity index (χ2v) is 7.94. The van der Waals surface area contributed by atoms with Crippen molar-refractivity contribution in [3.63, 3.8) is 0 Å². The van der Waals surface area contributed by atoms with E-state index in [1.807, 2.05) is 60.7 Å². The first kappa shape index (κ1) is 19.0. The lowest BCUT2D eigenvalue weighted by Crippen LogP contribution is -1.96. The Kier molecular flexibility index (Phi) is 4.30. The summed E-state index contributed by atoms with van der Waals surface area (Å²) in [6.45, 7) is 0. The smallest absolute Gasteiger partial charge is 0.335 e. The number of carboxylic acid groups (broad SMARTS) is 1. The van der Waals surface area contributed by atoms with Crippen LogP contribution in [0, 0.1) is 0 Å². The van der Waals surface area contributed by atoms with E-state index in [-0.39, 0.29) is 5.56 Å². The predicted octanol–water partition coefficient (Wildman–Crippen LogP) is 6.02. The van der Waals surface area contributed by atoms with Crippen molar-refractivity contribution in [1.82, 2.24) is 19.9 Å². The third kappa shape index (κ3) is 3.64. The average molecular weight is 430 g/mol. The molecule has 1 aromatic carbocycles. The van der Waals surface area contributed by atoms with E-state index in [9.17, 15) is 9.90 Å². The van der Waals surface area contributed by atoms with E-state index < -0.39 is 5.97 Å². The van der Waals surface area contributed by atoms with Crippen molar-refractivity contribution in [2.75, 3.05) is 0 Å². The quantitative estimate of drug-likeness (QED) is 0.313. The lowest BCUT2D eigenvalue weighted by molar-refractivity contribution is 0.0697. The van der Waals surface area contributed by atoms with Crippen LogP contribution in [-0.2, 0) is 0 Å². The van der Waals surface area contributed by atoms with Crippen LogP contribution in [0.25, 0.3) is 57.5 Å². The average Bonchev–Trinajstić information content (AvgIpc) is 3.60. The summed E-state index contributed by atoms with van der Waals surface area (Å²) in [5.74, 6) is -0.955. The summed E-state index contributed by atoms with van der Waals surface area (Å²) < 4.78 is 0. The Morgan fingerprint density at radius 1 is 0.636 bits per heavy atom. The Morgan fingerprint density at radius 2 is 1.12 bits per heavy atom. The molecule has 8 bridgehead atoms. The molecule has 2 aliphatic heterocycles. The number of carboxylic acids is 1. The molecule has 3 N–H and O–H groups in total. The zero-order valence-corrected chi connectivity index (χ0v) is 17.4. The fourth-order valence-corrected chi connectivity index (χ4v) is 4.08. The largest absolute Gasteiger partial charge is 0.478 e. The van der Waals surface area contributed by atoms with Gasteiger partial charge in [-0.05, 0) is 84.5 Å². The number of hydrogen-bond donors (Lipinski definition) is 3. The standard InChI is InChI=1S/C27H18N4O2/c32-27(33)17-3-1-16(2-4-17)26-24-11-9-22(30-24)14-20-7-5-18(28-20)13-19-6-8-21(29-19)15-23-10-12-25(26)31-23/h1-15,28-29H,(H,32,33). The summed E-state index contributed by atoms with van der Waals surface area (Å²) in [6, 6.07) is 21.0. The highest BCUT2D eigenvalue weighted by Gasteiger charge is 2.14. The van der Waals surface area contributed by atoms with Crippen molar-refractivity contribution in [2.45, 2.75) is 0 Å². The van der Waals surface area contributed by atoms with E-state index >= 15 is 0 Å². The van der Waals surface area contributed by atoms with Gasteiger partial charge in [0, 0.05) is 27.6 Å². The van der Waals surface area contributed by atoms with Crippen LogP contribution in [0.2, 0.25) is 0 Å². The molecule has 4 aromatic rings. The van der Waals surface area contributed by atoms with Gasteiger partial charge in [0.2, 0.25) is 0 Å². The van der Waals surface area contributed by atoms with Crippen LogP contribution in [0.3, 0.4) is 0 Å². The number of aromatic carboxylic acids is 1. The van der Waals surface area contributed by atoms with Gasteiger partial charge in [0.15, 0.2) is 0 Å². The summed E-state index contributed by atoms with van der Waals surface area (Å²) >= 11 is 0. The number of nitrogens with zero attached hydrogens (tertiary/aromatic N) is 2. The van der Waals surface area contributed by atoms with Gasteiger partial charge >= 0.3 is 5.97 Å². The molecule has 0 radical (unpaired) electrons. The summed E-state index contributed by atoms with van der Waals surface area (Å²) in [4.78, 5) is 27.8. The maximum absolute atomic E-state index is 11.3. The van der Waals surface area contributed by atoms with Crippen LogP contribution in [0.5, 0.6) is 0 Å². The van der Waals surface area contributed by atoms with E-state index in [2.05, 4.69) is 16.0 Å². The van der Waals surface area contributed by atoms with Gasteiger partial charge in [-0.2, -0.15) is 0 Å². The number of benzene rings is 1. The first-order valence-electron chi connectivity index (χ1n) is 10.5. The lowest BCUT2D eigenvalue weighted by atomic mass is 10.0. The first-order valence-corrected chi connectivity index (χ1v) is 10.5. The van der Waals surface area contributed by atoms with Crippen molar-refractivity contribution in [2.24, 2.45) is 0 Å². The maximum atomic E-state index is 11.3. The van der Waals surface area contributed by atoms with Gasteiger partial charge in [-0.3, -0.25) is 0 Å². The van der Waals surface area contributed by atoms with Crippen molar-refractivity contribution in [3.05, 3.63) is 95.1 Å². The van der Waals surface area contributed by atoms with Crippen molar-refractivity contribution in [1.29, 1.82) is 0 Å². The molecule has 3 aromatic heterocycles. The molecule has 6 heteroatoms. The highest BCUT2D eigenvalue weighted by molar-refractivity contribution is 5.91. The second-order valence-electron chi connectivity index (χ2n) is 7.94. The van der Waals surface area contributed by atoms with E-state index in [1.165, 1.54) is 0 Å². The van der Waals surface area contributed by atoms with E-state index in [0.29, 0.717) is 0 Å². The minimum Gasteiger partial charge on any atom is -0.478 e. The fraction of sp³-hybridized carbons (Fsp3) is 0. The van der Waals surface area contributed by atoms with Crippen molar-refractivity contribution < 1.29 is 9.90 Å². The number of hydrogen-bond acceptors (Lipinski definition) is 3. The van der Waals surface area contributed by atoms with Crippen LogP contribution in [0.15, 0.2) is 66.7 Å². The maximum Gasteiger partial charge on any atom is 0.335 e. The van der Waals surface area contributed by atoms with E-state index in [4.69, 9.17) is 9.97 Å². The molecule has 0 fully saturated rings. The van der Waals surface area contributed by atoms with Crippen LogP contribution in [0.4, 0.5) is 0 Å². The third-order valence-corrected chi connectivity index (χ3v) is 5.64. The van der Waals surface area contributed by atoms with Crippen molar-refractivity contribution >= 4 is 52.3 Å². The topological polar surface area (TPSA) is 94.7 Å². The van der Waals surface area contributed by atoms with Gasteiger partial charge in [-0.1, -0.05) is 12.1 Å². The van der Waals surface area contributed by atoms with Crippen LogP contribution >= 0.6 is 0 Å². The Labute approximate surface area is 188 Å². The van der Waals surface area contributed by atoms with Gasteiger partial charge in [-0.15, -0.1) is 0 Å². The van der Waals surface area contributed by atoms with Gasteiger partial charge < -0.3 is 15.1 Å². The number of H-pyrrole nitrogens is 2. The number of fused-ring (bicyclic) bond motifs is 8. The van der Waals surface area contributed by atoms with Crippen LogP contribution in [-0.4, -0.2) is 31.0 Å². The second kappa shape index (κ2) is 7.46. The molecule has 0 amide bonds. The van der Waals surface area contributed by atoms with Gasteiger partial charge in [0.25, 0.3) is 0 Å². The summed E-state index contributed by atoms with van der Waals surface area (Å²) in [6.07, 6.45) is 7.87. The first-order chi connectivity index (χ1) is 16.1. The normalized spacial score (nSPS) is 12.2. The lowest BCUT2D eigenvalue weighted by Gasteiger charge is -2.05. The van der Waals surface area contributed by atoms with E-state index in [1.54, 1.807) is 24.3 Å². The van der Waals surface area contributed by atoms with E-state index in [0.717, 1.165) is 56.0 Å². The molecule has 6 nitrogen and oxygen atoms in total. The third-order valence-electron chi connectivity index (χ3n) is 5.64. The minimum atomic E-state index is -0.955. The molecule has 158 valence electrons. The Morgan fingerprint density at radius 3 is 1.61 bits per heavy atom. The monoisotopic (exact) mass is 430 g/mol. The number of rotatable bonds is 2. The Hall–Kier alpha value is -4.71. The predicted molar refractivity (Wildman–Crippen MR) is 131 cm³/mol. The molecule has 0 spiro atoms. The molecule has 5 heterocycles. The molecular formula is C27H18N4O2. The zero-order chi connectivity index (χ0) is 22.4. The Bertz CT molecular complexity index is 1540. The molecule has 33 heavy (non-hydrogen) atoms. The molecule has 6 rings (SSSR count). The number of aromatic nitrogens is 4. The summed E-state index contributed by atoms with van der Waals surface area (Å²) in [5, 5.41) is 9.28. The zero-order valence-electron chi connectivity index (χ0n) is 17.4. The molecule has 0 atom stereocenters. The number of aromatic amines is 2. The number of nitrogens with one attached hydrogen (secondary N) is 2. The molecule has 2 aliphatic rings. The van der Waals surface area contributed by atoms with Crippen molar-refractivity contribution in [3.8, 4) is 11.1 Å². The fourth-order valence-electron chi connectivity index (χ4n) is 4.08. The molecular weight excluding hydrogens is 412 g/mol. The molecule has 0 unspecified atom stereocenters.